The molecule has 0 aliphatic carbocycles. The number of nitrogens with zero attached hydrogens (tertiary/aromatic N) is 4. The standard InChI is InChI=1S/C29H22N4O5S2/c1-19-7-11-21(12-8-19)39(35,36)32-17-25(23-5-3-15-30-28(23)32)27-26(18-34)24-6-4-16-31-29(24)33(27)40(37,38)22-13-9-20(2)10-14-22/h3-18H,1-2H3. The molecule has 11 heteroatoms. The van der Waals surface area contributed by atoms with Crippen LogP contribution < -0.4 is 0 Å². The summed E-state index contributed by atoms with van der Waals surface area (Å²) >= 11 is 0. The second-order valence-electron chi connectivity index (χ2n) is 9.37. The lowest BCUT2D eigenvalue weighted by atomic mass is 10.1. The van der Waals surface area contributed by atoms with Gasteiger partial charge in [-0.3, -0.25) is 4.79 Å². The van der Waals surface area contributed by atoms with Crippen molar-refractivity contribution in [2.45, 2.75) is 23.6 Å². The molecule has 0 saturated carbocycles. The van der Waals surface area contributed by atoms with E-state index in [0.717, 1.165) is 19.1 Å². The summed E-state index contributed by atoms with van der Waals surface area (Å²) in [5, 5.41) is 0.666. The smallest absolute Gasteiger partial charge is 0.269 e. The highest BCUT2D eigenvalue weighted by atomic mass is 32.2. The second-order valence-corrected chi connectivity index (χ2v) is 13.0. The maximum absolute atomic E-state index is 14.1. The molecule has 0 aliphatic rings. The Morgan fingerprint density at radius 3 is 1.77 bits per heavy atom. The van der Waals surface area contributed by atoms with Crippen LogP contribution in [0, 0.1) is 13.8 Å². The SMILES string of the molecule is Cc1ccc(S(=O)(=O)n2cc(-c3c(C=O)c4cccnc4n3S(=O)(=O)c3ccc(C)cc3)c3cccnc32)cc1. The lowest BCUT2D eigenvalue weighted by Gasteiger charge is -2.12. The first-order chi connectivity index (χ1) is 19.1. The number of pyridine rings is 2. The van der Waals surface area contributed by atoms with Crippen LogP contribution in [-0.4, -0.2) is 41.0 Å². The van der Waals surface area contributed by atoms with Gasteiger partial charge in [-0.2, -0.15) is 0 Å². The summed E-state index contributed by atoms with van der Waals surface area (Å²) < 4.78 is 57.9. The van der Waals surface area contributed by atoms with E-state index in [9.17, 15) is 21.6 Å². The van der Waals surface area contributed by atoms with E-state index < -0.39 is 20.0 Å². The van der Waals surface area contributed by atoms with Crippen LogP contribution >= 0.6 is 0 Å². The monoisotopic (exact) mass is 570 g/mol. The van der Waals surface area contributed by atoms with Crippen LogP contribution in [0.3, 0.4) is 0 Å². The molecular formula is C29H22N4O5S2. The largest absolute Gasteiger partial charge is 0.298 e. The van der Waals surface area contributed by atoms with E-state index in [2.05, 4.69) is 9.97 Å². The number of carbonyl (C=O) groups is 1. The molecule has 0 spiro atoms. The van der Waals surface area contributed by atoms with E-state index in [1.54, 1.807) is 48.5 Å². The molecule has 0 saturated heterocycles. The normalized spacial score (nSPS) is 12.2. The first-order valence-corrected chi connectivity index (χ1v) is 15.1. The van der Waals surface area contributed by atoms with Gasteiger partial charge in [0.25, 0.3) is 20.0 Å². The number of rotatable bonds is 6. The van der Waals surface area contributed by atoms with Crippen LogP contribution in [0.25, 0.3) is 33.3 Å². The zero-order valence-corrected chi connectivity index (χ0v) is 23.0. The maximum Gasteiger partial charge on any atom is 0.269 e. The fourth-order valence-electron chi connectivity index (χ4n) is 4.76. The molecule has 200 valence electrons. The molecule has 0 amide bonds. The first-order valence-electron chi connectivity index (χ1n) is 12.2. The Hall–Kier alpha value is -4.61. The number of aryl methyl sites for hydroxylation is 2. The molecule has 40 heavy (non-hydrogen) atoms. The Balaban J connectivity index is 1.73. The van der Waals surface area contributed by atoms with Crippen molar-refractivity contribution in [3.8, 4) is 11.3 Å². The third kappa shape index (κ3) is 3.85. The van der Waals surface area contributed by atoms with Crippen molar-refractivity contribution in [2.75, 3.05) is 0 Å². The minimum atomic E-state index is -4.29. The van der Waals surface area contributed by atoms with Crippen molar-refractivity contribution in [1.82, 2.24) is 17.9 Å². The van der Waals surface area contributed by atoms with Crippen LogP contribution in [0.5, 0.6) is 0 Å². The van der Waals surface area contributed by atoms with Gasteiger partial charge in [0, 0.05) is 34.9 Å². The number of benzene rings is 2. The molecular weight excluding hydrogens is 548 g/mol. The van der Waals surface area contributed by atoms with E-state index >= 15 is 0 Å². The Morgan fingerprint density at radius 1 is 0.675 bits per heavy atom. The van der Waals surface area contributed by atoms with E-state index in [1.807, 2.05) is 13.8 Å². The van der Waals surface area contributed by atoms with Crippen molar-refractivity contribution >= 4 is 48.4 Å². The van der Waals surface area contributed by atoms with Crippen LogP contribution in [0.1, 0.15) is 21.5 Å². The number of hydrogen-bond donors (Lipinski definition) is 0. The van der Waals surface area contributed by atoms with Crippen molar-refractivity contribution in [1.29, 1.82) is 0 Å². The fraction of sp³-hybridized carbons (Fsp3) is 0.0690. The van der Waals surface area contributed by atoms with Crippen molar-refractivity contribution in [2.24, 2.45) is 0 Å². The minimum Gasteiger partial charge on any atom is -0.298 e. The van der Waals surface area contributed by atoms with E-state index in [1.165, 1.54) is 42.9 Å². The van der Waals surface area contributed by atoms with Gasteiger partial charge in [-0.1, -0.05) is 35.4 Å². The van der Waals surface area contributed by atoms with Crippen LogP contribution in [0.15, 0.2) is 101 Å². The summed E-state index contributed by atoms with van der Waals surface area (Å²) in [7, 11) is -8.42. The van der Waals surface area contributed by atoms with Gasteiger partial charge in [0.1, 0.15) is 0 Å². The summed E-state index contributed by atoms with van der Waals surface area (Å²) in [6, 6.07) is 19.2. The highest BCUT2D eigenvalue weighted by Gasteiger charge is 2.32. The van der Waals surface area contributed by atoms with Gasteiger partial charge in [0.2, 0.25) is 0 Å². The Kier molecular flexibility index (Phi) is 5.93. The number of aromatic nitrogens is 4. The molecule has 4 heterocycles. The molecule has 6 aromatic rings. The molecule has 4 aromatic heterocycles. The van der Waals surface area contributed by atoms with Gasteiger partial charge in [-0.25, -0.2) is 34.7 Å². The van der Waals surface area contributed by atoms with Gasteiger partial charge >= 0.3 is 0 Å². The minimum absolute atomic E-state index is 0.000121. The molecule has 0 unspecified atom stereocenters. The second kappa shape index (κ2) is 9.25. The highest BCUT2D eigenvalue weighted by Crippen LogP contribution is 2.39. The number of aldehydes is 1. The van der Waals surface area contributed by atoms with Gasteiger partial charge in [-0.15, -0.1) is 0 Å². The quantitative estimate of drug-likeness (QED) is 0.260. The lowest BCUT2D eigenvalue weighted by molar-refractivity contribution is 0.112. The van der Waals surface area contributed by atoms with Crippen LogP contribution in [0.4, 0.5) is 0 Å². The molecule has 0 radical (unpaired) electrons. The third-order valence-electron chi connectivity index (χ3n) is 6.77. The average molecular weight is 571 g/mol. The molecule has 0 fully saturated rings. The predicted molar refractivity (Wildman–Crippen MR) is 151 cm³/mol. The van der Waals surface area contributed by atoms with Gasteiger partial charge in [-0.05, 0) is 62.4 Å². The van der Waals surface area contributed by atoms with Crippen LogP contribution in [0.2, 0.25) is 0 Å². The molecule has 6 rings (SSSR count). The average Bonchev–Trinajstić information content (AvgIpc) is 3.50. The van der Waals surface area contributed by atoms with Crippen LogP contribution in [-0.2, 0) is 20.0 Å². The fourth-order valence-corrected chi connectivity index (χ4v) is 7.59. The lowest BCUT2D eigenvalue weighted by Crippen LogP contribution is -2.15. The number of carbonyl (C=O) groups excluding carboxylic acids is 1. The van der Waals surface area contributed by atoms with Gasteiger partial charge in [0.05, 0.1) is 21.0 Å². The van der Waals surface area contributed by atoms with E-state index in [4.69, 9.17) is 0 Å². The van der Waals surface area contributed by atoms with Gasteiger partial charge in [0.15, 0.2) is 17.6 Å². The highest BCUT2D eigenvalue weighted by molar-refractivity contribution is 7.90. The summed E-state index contributed by atoms with van der Waals surface area (Å²) in [5.74, 6) is 0. The molecule has 9 nitrogen and oxygen atoms in total. The number of fused-ring (bicyclic) bond motifs is 2. The summed E-state index contributed by atoms with van der Waals surface area (Å²) in [6.45, 7) is 3.69. The molecule has 0 N–H and O–H groups in total. The predicted octanol–water partition coefficient (Wildman–Crippen LogP) is 4.96. The maximum atomic E-state index is 14.1. The summed E-state index contributed by atoms with van der Waals surface area (Å²) in [4.78, 5) is 21.2. The summed E-state index contributed by atoms with van der Waals surface area (Å²) in [6.07, 6.45) is 4.77. The molecule has 0 atom stereocenters. The zero-order valence-electron chi connectivity index (χ0n) is 21.4. The zero-order chi connectivity index (χ0) is 28.2. The third-order valence-corrected chi connectivity index (χ3v) is 10.1. The van der Waals surface area contributed by atoms with Crippen molar-refractivity contribution < 1.29 is 21.6 Å². The van der Waals surface area contributed by atoms with Gasteiger partial charge < -0.3 is 0 Å². The van der Waals surface area contributed by atoms with Crippen molar-refractivity contribution in [3.63, 3.8) is 0 Å². The molecule has 2 aromatic carbocycles. The molecule has 0 aliphatic heterocycles. The molecule has 0 bridgehead atoms. The van der Waals surface area contributed by atoms with E-state index in [-0.39, 0.29) is 37.9 Å². The Morgan fingerprint density at radius 2 is 1.20 bits per heavy atom. The Labute approximate surface area is 230 Å². The first kappa shape index (κ1) is 25.7. The van der Waals surface area contributed by atoms with E-state index in [0.29, 0.717) is 17.1 Å². The van der Waals surface area contributed by atoms with Crippen molar-refractivity contribution in [3.05, 3.63) is 108 Å². The summed E-state index contributed by atoms with van der Waals surface area (Å²) in [5.41, 5.74) is 2.17. The Bertz CT molecular complexity index is 2160. The topological polar surface area (TPSA) is 121 Å². The number of hydrogen-bond acceptors (Lipinski definition) is 7.